The maximum absolute atomic E-state index is 5.51. The molecule has 0 aliphatic heterocycles. The number of nitrogens with two attached hydrogens (primary N) is 1. The van der Waals surface area contributed by atoms with Gasteiger partial charge in [0, 0.05) is 20.6 Å². The smallest absolute Gasteiger partial charge is 0.113 e. The average molecular weight is 202 g/mol. The highest BCUT2D eigenvalue weighted by atomic mass is 16.5. The Kier molecular flexibility index (Phi) is 5.45. The van der Waals surface area contributed by atoms with Crippen molar-refractivity contribution in [3.05, 3.63) is 0 Å². The zero-order valence-corrected chi connectivity index (χ0v) is 9.66. The van der Waals surface area contributed by atoms with Gasteiger partial charge in [0.05, 0.1) is 6.61 Å². The van der Waals surface area contributed by atoms with Crippen molar-refractivity contribution >= 4 is 0 Å². The van der Waals surface area contributed by atoms with Gasteiger partial charge in [0.25, 0.3) is 0 Å². The lowest BCUT2D eigenvalue weighted by molar-refractivity contribution is -0.728. The molecular formula is C11H24NO2+. The molecular weight excluding hydrogens is 178 g/mol. The number of hydrogen-bond donors (Lipinski definition) is 1. The summed E-state index contributed by atoms with van der Waals surface area (Å²) >= 11 is 0. The Morgan fingerprint density at radius 3 is 2.64 bits per heavy atom. The molecule has 0 radical (unpaired) electrons. The first-order valence-corrected chi connectivity index (χ1v) is 5.64. The normalized spacial score (nSPS) is 30.2. The van der Waals surface area contributed by atoms with E-state index in [1.807, 2.05) is 7.11 Å². The monoisotopic (exact) mass is 202 g/mol. The first kappa shape index (κ1) is 12.0. The van der Waals surface area contributed by atoms with Gasteiger partial charge in [-0.3, -0.25) is 0 Å². The fourth-order valence-electron chi connectivity index (χ4n) is 2.38. The zero-order chi connectivity index (χ0) is 10.4. The summed E-state index contributed by atoms with van der Waals surface area (Å²) in [6.07, 6.45) is 5.62. The predicted octanol–water partition coefficient (Wildman–Crippen LogP) is 0.542. The van der Waals surface area contributed by atoms with E-state index in [1.54, 1.807) is 7.11 Å². The van der Waals surface area contributed by atoms with E-state index in [0.717, 1.165) is 6.61 Å². The maximum Gasteiger partial charge on any atom is 0.113 e. The average Bonchev–Trinajstić information content (AvgIpc) is 2.19. The van der Waals surface area contributed by atoms with E-state index in [9.17, 15) is 0 Å². The maximum atomic E-state index is 5.51. The van der Waals surface area contributed by atoms with Gasteiger partial charge in [0.2, 0.25) is 0 Å². The molecule has 1 saturated carbocycles. The molecule has 1 fully saturated rings. The molecule has 3 nitrogen and oxygen atoms in total. The van der Waals surface area contributed by atoms with Gasteiger partial charge in [-0.1, -0.05) is 6.42 Å². The Balaban J connectivity index is 2.32. The highest BCUT2D eigenvalue weighted by molar-refractivity contribution is 4.74. The van der Waals surface area contributed by atoms with E-state index >= 15 is 0 Å². The van der Waals surface area contributed by atoms with Gasteiger partial charge < -0.3 is 14.8 Å². The van der Waals surface area contributed by atoms with Crippen LogP contribution >= 0.6 is 0 Å². The second-order valence-electron chi connectivity index (χ2n) is 4.35. The summed E-state index contributed by atoms with van der Waals surface area (Å²) in [6.45, 7) is 3.04. The van der Waals surface area contributed by atoms with Gasteiger partial charge in [0.15, 0.2) is 0 Å². The van der Waals surface area contributed by atoms with E-state index in [-0.39, 0.29) is 0 Å². The minimum absolute atomic E-state index is 0.447. The first-order valence-electron chi connectivity index (χ1n) is 5.64. The largest absolute Gasteiger partial charge is 0.379 e. The van der Waals surface area contributed by atoms with Gasteiger partial charge in [-0.05, 0) is 19.8 Å². The van der Waals surface area contributed by atoms with Crippen molar-refractivity contribution in [2.45, 2.75) is 50.8 Å². The van der Waals surface area contributed by atoms with E-state index < -0.39 is 0 Å². The molecule has 0 unspecified atom stereocenters. The standard InChI is InChI=1S/C11H23NO2/c1-9(8-13-2)12-10-6-4-5-7-11(10)14-3/h9-12H,4-8H2,1-3H3/p+1/t9-,10-,11-/m0/s1. The summed E-state index contributed by atoms with van der Waals surface area (Å²) in [5.41, 5.74) is 0. The lowest BCUT2D eigenvalue weighted by atomic mass is 9.92. The van der Waals surface area contributed by atoms with Crippen LogP contribution in [-0.4, -0.2) is 39.0 Å². The molecule has 0 saturated heterocycles. The Morgan fingerprint density at radius 2 is 2.00 bits per heavy atom. The number of hydrogen-bond acceptors (Lipinski definition) is 2. The molecule has 0 heterocycles. The van der Waals surface area contributed by atoms with Crippen molar-refractivity contribution < 1.29 is 14.8 Å². The fourth-order valence-corrected chi connectivity index (χ4v) is 2.38. The van der Waals surface area contributed by atoms with Crippen LogP contribution in [0.2, 0.25) is 0 Å². The summed E-state index contributed by atoms with van der Waals surface area (Å²) in [6, 6.07) is 1.18. The summed E-state index contributed by atoms with van der Waals surface area (Å²) in [4.78, 5) is 0. The van der Waals surface area contributed by atoms with Crippen molar-refractivity contribution in [2.24, 2.45) is 0 Å². The van der Waals surface area contributed by atoms with Crippen LogP contribution in [0.25, 0.3) is 0 Å². The summed E-state index contributed by atoms with van der Waals surface area (Å²) in [7, 11) is 3.59. The third kappa shape index (κ3) is 3.56. The van der Waals surface area contributed by atoms with Crippen molar-refractivity contribution in [3.8, 4) is 0 Å². The van der Waals surface area contributed by atoms with Gasteiger partial charge in [-0.25, -0.2) is 0 Å². The number of ether oxygens (including phenoxy) is 2. The van der Waals surface area contributed by atoms with Crippen LogP contribution in [0.15, 0.2) is 0 Å². The molecule has 0 aromatic rings. The summed E-state index contributed by atoms with van der Waals surface area (Å²) < 4.78 is 10.7. The summed E-state index contributed by atoms with van der Waals surface area (Å²) in [5.74, 6) is 0. The Bertz CT molecular complexity index is 152. The molecule has 1 rings (SSSR count). The van der Waals surface area contributed by atoms with Crippen LogP contribution in [0.5, 0.6) is 0 Å². The highest BCUT2D eigenvalue weighted by Gasteiger charge is 2.28. The number of rotatable bonds is 5. The van der Waals surface area contributed by atoms with Gasteiger partial charge in [0.1, 0.15) is 18.2 Å². The van der Waals surface area contributed by atoms with Crippen LogP contribution in [0.3, 0.4) is 0 Å². The van der Waals surface area contributed by atoms with Crippen LogP contribution in [0.1, 0.15) is 32.6 Å². The van der Waals surface area contributed by atoms with Crippen LogP contribution in [0, 0.1) is 0 Å². The highest BCUT2D eigenvalue weighted by Crippen LogP contribution is 2.18. The molecule has 0 aromatic heterocycles. The SMILES string of the molecule is COC[C@H](C)[NH2+][C@H]1CCCC[C@@H]1OC. The Hall–Kier alpha value is -0.120. The van der Waals surface area contributed by atoms with E-state index in [2.05, 4.69) is 12.2 Å². The molecule has 84 valence electrons. The molecule has 2 N–H and O–H groups in total. The van der Waals surface area contributed by atoms with E-state index in [0.29, 0.717) is 18.2 Å². The van der Waals surface area contributed by atoms with Gasteiger partial charge in [-0.2, -0.15) is 0 Å². The quantitative estimate of drug-likeness (QED) is 0.706. The molecule has 1 aliphatic rings. The Labute approximate surface area is 87.2 Å². The van der Waals surface area contributed by atoms with Crippen molar-refractivity contribution in [3.63, 3.8) is 0 Å². The predicted molar refractivity (Wildman–Crippen MR) is 56.3 cm³/mol. The molecule has 0 spiro atoms. The molecule has 14 heavy (non-hydrogen) atoms. The third-order valence-corrected chi connectivity index (χ3v) is 3.06. The Morgan fingerprint density at radius 1 is 1.29 bits per heavy atom. The van der Waals surface area contributed by atoms with E-state index in [4.69, 9.17) is 9.47 Å². The van der Waals surface area contributed by atoms with Gasteiger partial charge >= 0.3 is 0 Å². The molecule has 1 aliphatic carbocycles. The van der Waals surface area contributed by atoms with Crippen molar-refractivity contribution in [2.75, 3.05) is 20.8 Å². The molecule has 3 heteroatoms. The lowest BCUT2D eigenvalue weighted by Crippen LogP contribution is -2.97. The number of methoxy groups -OCH3 is 2. The topological polar surface area (TPSA) is 35.1 Å². The second kappa shape index (κ2) is 6.38. The van der Waals surface area contributed by atoms with Crippen molar-refractivity contribution in [1.82, 2.24) is 0 Å². The second-order valence-corrected chi connectivity index (χ2v) is 4.35. The minimum Gasteiger partial charge on any atom is -0.379 e. The molecule has 3 atom stereocenters. The van der Waals surface area contributed by atoms with Crippen LogP contribution in [-0.2, 0) is 9.47 Å². The molecule has 0 amide bonds. The summed E-state index contributed by atoms with van der Waals surface area (Å²) in [5, 5.41) is 2.41. The van der Waals surface area contributed by atoms with Crippen molar-refractivity contribution in [1.29, 1.82) is 0 Å². The van der Waals surface area contributed by atoms with E-state index in [1.165, 1.54) is 25.7 Å². The first-order chi connectivity index (χ1) is 6.77. The third-order valence-electron chi connectivity index (χ3n) is 3.06. The van der Waals surface area contributed by atoms with Gasteiger partial charge in [-0.15, -0.1) is 0 Å². The molecule has 0 bridgehead atoms. The fraction of sp³-hybridized carbons (Fsp3) is 1.00. The minimum atomic E-state index is 0.447. The molecule has 0 aromatic carbocycles. The number of quaternary nitrogens is 1. The zero-order valence-electron chi connectivity index (χ0n) is 9.66. The van der Waals surface area contributed by atoms with Crippen LogP contribution < -0.4 is 5.32 Å². The van der Waals surface area contributed by atoms with Crippen LogP contribution in [0.4, 0.5) is 0 Å². The lowest BCUT2D eigenvalue weighted by Gasteiger charge is -2.30.